The molecule has 0 fully saturated rings. The normalized spacial score (nSPS) is 10.8. The van der Waals surface area contributed by atoms with Gasteiger partial charge in [-0.25, -0.2) is 9.97 Å². The molecule has 5 aromatic rings. The zero-order valence-electron chi connectivity index (χ0n) is 16.0. The summed E-state index contributed by atoms with van der Waals surface area (Å²) in [6, 6.07) is 23.1. The first-order valence-electron chi connectivity index (χ1n) is 9.54. The van der Waals surface area contributed by atoms with E-state index in [1.54, 1.807) is 18.6 Å². The number of hydrogen-bond acceptors (Lipinski definition) is 5. The molecule has 146 valence electrons. The van der Waals surface area contributed by atoms with Crippen LogP contribution in [0.1, 0.15) is 5.56 Å². The van der Waals surface area contributed by atoms with Gasteiger partial charge in [-0.15, -0.1) is 0 Å². The SMILES string of the molecule is c1ccc(Oc2cc(OCc3ccncc3)cc(-c3nc4ncccc4[nH]3)c2)cc1. The summed E-state index contributed by atoms with van der Waals surface area (Å²) in [4.78, 5) is 16.3. The molecule has 0 spiro atoms. The topological polar surface area (TPSA) is 72.9 Å². The van der Waals surface area contributed by atoms with Crippen molar-refractivity contribution in [2.75, 3.05) is 0 Å². The van der Waals surface area contributed by atoms with Gasteiger partial charge in [0.25, 0.3) is 0 Å². The zero-order chi connectivity index (χ0) is 20.2. The molecule has 3 heterocycles. The lowest BCUT2D eigenvalue weighted by Crippen LogP contribution is -1.97. The number of hydrogen-bond donors (Lipinski definition) is 1. The monoisotopic (exact) mass is 394 g/mol. The van der Waals surface area contributed by atoms with Crippen molar-refractivity contribution in [2.45, 2.75) is 6.61 Å². The summed E-state index contributed by atoms with van der Waals surface area (Å²) < 4.78 is 12.1. The van der Waals surface area contributed by atoms with E-state index in [0.29, 0.717) is 29.6 Å². The molecule has 5 rings (SSSR count). The highest BCUT2D eigenvalue weighted by Crippen LogP contribution is 2.32. The fraction of sp³-hybridized carbons (Fsp3) is 0.0417. The maximum absolute atomic E-state index is 6.06. The predicted molar refractivity (Wildman–Crippen MR) is 114 cm³/mol. The minimum Gasteiger partial charge on any atom is -0.489 e. The van der Waals surface area contributed by atoms with Crippen molar-refractivity contribution >= 4 is 11.2 Å². The Hall–Kier alpha value is -4.19. The highest BCUT2D eigenvalue weighted by atomic mass is 16.5. The standard InChI is InChI=1S/C24H18N4O2/c1-2-5-19(6-3-1)30-21-14-18(23-27-22-7-4-10-26-24(22)28-23)13-20(15-21)29-16-17-8-11-25-12-9-17/h1-15H,16H2,(H,26,27,28). The number of rotatable bonds is 6. The first-order valence-corrected chi connectivity index (χ1v) is 9.54. The Morgan fingerprint density at radius 3 is 2.43 bits per heavy atom. The summed E-state index contributed by atoms with van der Waals surface area (Å²) in [5.74, 6) is 2.80. The second-order valence-corrected chi connectivity index (χ2v) is 6.71. The highest BCUT2D eigenvalue weighted by molar-refractivity contribution is 5.76. The van der Waals surface area contributed by atoms with Gasteiger partial charge < -0.3 is 14.5 Å². The van der Waals surface area contributed by atoms with Gasteiger partial charge in [0.1, 0.15) is 29.7 Å². The number of imidazole rings is 1. The lowest BCUT2D eigenvalue weighted by atomic mass is 10.2. The summed E-state index contributed by atoms with van der Waals surface area (Å²) in [5.41, 5.74) is 3.43. The molecule has 0 amide bonds. The van der Waals surface area contributed by atoms with Crippen LogP contribution in [0.4, 0.5) is 0 Å². The molecule has 3 aromatic heterocycles. The van der Waals surface area contributed by atoms with E-state index in [9.17, 15) is 0 Å². The van der Waals surface area contributed by atoms with E-state index in [4.69, 9.17) is 9.47 Å². The summed E-state index contributed by atoms with van der Waals surface area (Å²) in [5, 5.41) is 0. The molecule has 0 bridgehead atoms. The Morgan fingerprint density at radius 1 is 0.767 bits per heavy atom. The quantitative estimate of drug-likeness (QED) is 0.418. The number of benzene rings is 2. The summed E-state index contributed by atoms with van der Waals surface area (Å²) in [6.45, 7) is 0.429. The van der Waals surface area contributed by atoms with Gasteiger partial charge in [-0.05, 0) is 54.1 Å². The van der Waals surface area contributed by atoms with Crippen LogP contribution in [-0.4, -0.2) is 19.9 Å². The molecule has 30 heavy (non-hydrogen) atoms. The number of pyridine rings is 2. The molecule has 6 heteroatoms. The van der Waals surface area contributed by atoms with Gasteiger partial charge in [-0.1, -0.05) is 18.2 Å². The third-order valence-corrected chi connectivity index (χ3v) is 4.54. The van der Waals surface area contributed by atoms with Crippen LogP contribution in [0, 0.1) is 0 Å². The minimum atomic E-state index is 0.429. The lowest BCUT2D eigenvalue weighted by Gasteiger charge is -2.12. The number of aromatic amines is 1. The van der Waals surface area contributed by atoms with E-state index in [2.05, 4.69) is 19.9 Å². The van der Waals surface area contributed by atoms with Crippen LogP contribution in [0.5, 0.6) is 17.2 Å². The second-order valence-electron chi connectivity index (χ2n) is 6.71. The fourth-order valence-corrected chi connectivity index (χ4v) is 3.10. The Labute approximate surface area is 173 Å². The smallest absolute Gasteiger partial charge is 0.178 e. The average molecular weight is 394 g/mol. The minimum absolute atomic E-state index is 0.429. The first kappa shape index (κ1) is 17.9. The van der Waals surface area contributed by atoms with Crippen molar-refractivity contribution in [2.24, 2.45) is 0 Å². The van der Waals surface area contributed by atoms with E-state index >= 15 is 0 Å². The van der Waals surface area contributed by atoms with Crippen LogP contribution in [0.3, 0.4) is 0 Å². The largest absolute Gasteiger partial charge is 0.489 e. The number of H-pyrrole nitrogens is 1. The maximum Gasteiger partial charge on any atom is 0.178 e. The van der Waals surface area contributed by atoms with Gasteiger partial charge in [0.2, 0.25) is 0 Å². The molecule has 0 aliphatic heterocycles. The highest BCUT2D eigenvalue weighted by Gasteiger charge is 2.11. The summed E-state index contributed by atoms with van der Waals surface area (Å²) in [6.07, 6.45) is 5.23. The van der Waals surface area contributed by atoms with Crippen molar-refractivity contribution in [3.63, 3.8) is 0 Å². The Balaban J connectivity index is 1.50. The van der Waals surface area contributed by atoms with Gasteiger partial charge in [-0.2, -0.15) is 0 Å². The van der Waals surface area contributed by atoms with E-state index in [1.807, 2.05) is 72.8 Å². The Bertz CT molecular complexity index is 1240. The summed E-state index contributed by atoms with van der Waals surface area (Å²) in [7, 11) is 0. The first-order chi connectivity index (χ1) is 14.8. The number of fused-ring (bicyclic) bond motifs is 1. The lowest BCUT2D eigenvalue weighted by molar-refractivity contribution is 0.304. The molecule has 0 saturated carbocycles. The average Bonchev–Trinajstić information content (AvgIpc) is 3.24. The van der Waals surface area contributed by atoms with E-state index < -0.39 is 0 Å². The van der Waals surface area contributed by atoms with Crippen molar-refractivity contribution in [1.82, 2.24) is 19.9 Å². The molecule has 0 unspecified atom stereocenters. The van der Waals surface area contributed by atoms with Crippen LogP contribution < -0.4 is 9.47 Å². The van der Waals surface area contributed by atoms with Gasteiger partial charge in [0, 0.05) is 30.2 Å². The molecule has 2 aromatic carbocycles. The van der Waals surface area contributed by atoms with E-state index in [0.717, 1.165) is 22.4 Å². The number of nitrogens with zero attached hydrogens (tertiary/aromatic N) is 3. The van der Waals surface area contributed by atoms with Crippen molar-refractivity contribution in [1.29, 1.82) is 0 Å². The molecular formula is C24H18N4O2. The second kappa shape index (κ2) is 8.05. The zero-order valence-corrected chi connectivity index (χ0v) is 16.0. The van der Waals surface area contributed by atoms with Gasteiger partial charge >= 0.3 is 0 Å². The molecule has 0 atom stereocenters. The van der Waals surface area contributed by atoms with Crippen LogP contribution in [0.15, 0.2) is 91.4 Å². The molecule has 0 aliphatic carbocycles. The molecular weight excluding hydrogens is 376 g/mol. The van der Waals surface area contributed by atoms with Crippen molar-refractivity contribution in [3.05, 3.63) is 97.0 Å². The number of para-hydroxylation sites is 1. The number of nitrogens with one attached hydrogen (secondary N) is 1. The third kappa shape index (κ3) is 3.98. The maximum atomic E-state index is 6.06. The molecule has 0 saturated heterocycles. The molecule has 6 nitrogen and oxygen atoms in total. The third-order valence-electron chi connectivity index (χ3n) is 4.54. The Morgan fingerprint density at radius 2 is 1.60 bits per heavy atom. The summed E-state index contributed by atoms with van der Waals surface area (Å²) >= 11 is 0. The number of ether oxygens (including phenoxy) is 2. The molecule has 0 aliphatic rings. The van der Waals surface area contributed by atoms with Crippen LogP contribution in [0.25, 0.3) is 22.6 Å². The van der Waals surface area contributed by atoms with E-state index in [1.165, 1.54) is 0 Å². The number of aromatic nitrogens is 4. The van der Waals surface area contributed by atoms with Gasteiger partial charge in [-0.3, -0.25) is 4.98 Å². The van der Waals surface area contributed by atoms with Crippen molar-refractivity contribution in [3.8, 4) is 28.6 Å². The van der Waals surface area contributed by atoms with E-state index in [-0.39, 0.29) is 0 Å². The van der Waals surface area contributed by atoms with Gasteiger partial charge in [0.15, 0.2) is 5.65 Å². The molecule has 0 radical (unpaired) electrons. The van der Waals surface area contributed by atoms with Gasteiger partial charge in [0.05, 0.1) is 5.52 Å². The van der Waals surface area contributed by atoms with Crippen LogP contribution in [-0.2, 0) is 6.61 Å². The Kier molecular flexibility index (Phi) is 4.79. The van der Waals surface area contributed by atoms with Crippen molar-refractivity contribution < 1.29 is 9.47 Å². The van der Waals surface area contributed by atoms with Crippen LogP contribution >= 0.6 is 0 Å². The van der Waals surface area contributed by atoms with Crippen LogP contribution in [0.2, 0.25) is 0 Å². The fourth-order valence-electron chi connectivity index (χ4n) is 3.10. The predicted octanol–water partition coefficient (Wildman–Crippen LogP) is 5.39. The molecule has 1 N–H and O–H groups in total.